The number of guanidine groups is 1. The van der Waals surface area contributed by atoms with Gasteiger partial charge in [-0.2, -0.15) is 11.8 Å². The van der Waals surface area contributed by atoms with Crippen molar-refractivity contribution in [2.75, 3.05) is 18.6 Å². The first-order valence-corrected chi connectivity index (χ1v) is 10.6. The zero-order chi connectivity index (χ0) is 21.7. The van der Waals surface area contributed by atoms with Gasteiger partial charge in [-0.1, -0.05) is 13.8 Å². The summed E-state index contributed by atoms with van der Waals surface area (Å²) >= 11 is 1.52. The third-order valence-corrected chi connectivity index (χ3v) is 4.51. The van der Waals surface area contributed by atoms with Crippen molar-refractivity contribution in [2.45, 2.75) is 57.7 Å². The average molecular weight is 419 g/mol. The Morgan fingerprint density at radius 1 is 1.07 bits per heavy atom. The topological polar surface area (TPSA) is 186 Å². The van der Waals surface area contributed by atoms with Gasteiger partial charge in [0.05, 0.1) is 6.04 Å². The number of hydrogen-bond donors (Lipinski definition) is 6. The van der Waals surface area contributed by atoms with Gasteiger partial charge < -0.3 is 32.9 Å². The Labute approximate surface area is 170 Å². The van der Waals surface area contributed by atoms with Gasteiger partial charge >= 0.3 is 5.97 Å². The number of rotatable bonds is 14. The van der Waals surface area contributed by atoms with E-state index >= 15 is 0 Å². The van der Waals surface area contributed by atoms with Crippen LogP contribution in [0.15, 0.2) is 4.99 Å². The Balaban J connectivity index is 4.92. The Kier molecular flexibility index (Phi) is 13.0. The maximum absolute atomic E-state index is 12.6. The molecule has 9 N–H and O–H groups in total. The summed E-state index contributed by atoms with van der Waals surface area (Å²) in [5.41, 5.74) is 16.3. The number of thioether (sulfide) groups is 1. The van der Waals surface area contributed by atoms with E-state index in [9.17, 15) is 19.5 Å². The summed E-state index contributed by atoms with van der Waals surface area (Å²) in [4.78, 5) is 40.1. The van der Waals surface area contributed by atoms with E-state index in [4.69, 9.17) is 17.2 Å². The van der Waals surface area contributed by atoms with Crippen LogP contribution in [0.1, 0.15) is 39.5 Å². The van der Waals surface area contributed by atoms with E-state index in [1.165, 1.54) is 11.8 Å². The lowest BCUT2D eigenvalue weighted by Gasteiger charge is -2.23. The Morgan fingerprint density at radius 2 is 1.68 bits per heavy atom. The molecule has 0 fully saturated rings. The number of hydrogen-bond acceptors (Lipinski definition) is 6. The van der Waals surface area contributed by atoms with Gasteiger partial charge in [0.2, 0.25) is 11.8 Å². The molecule has 0 spiro atoms. The quantitative estimate of drug-likeness (QED) is 0.120. The largest absolute Gasteiger partial charge is 0.480 e. The van der Waals surface area contributed by atoms with Crippen molar-refractivity contribution in [1.29, 1.82) is 0 Å². The third-order valence-electron chi connectivity index (χ3n) is 3.87. The second-order valence-electron chi connectivity index (χ2n) is 6.93. The standard InChI is InChI=1S/C17H34N6O4S/c1-10(2)9-11(18)14(24)22-12(6-8-28-3)15(25)23-13(16(26)27)5-4-7-21-17(19)20/h10-13H,4-9,18H2,1-3H3,(H,22,24)(H,23,25)(H,26,27)(H4,19,20,21). The molecule has 0 saturated heterocycles. The fraction of sp³-hybridized carbons (Fsp3) is 0.765. The van der Waals surface area contributed by atoms with Gasteiger partial charge in [-0.15, -0.1) is 0 Å². The molecule has 0 aliphatic carbocycles. The maximum Gasteiger partial charge on any atom is 0.326 e. The van der Waals surface area contributed by atoms with E-state index in [1.54, 1.807) is 0 Å². The van der Waals surface area contributed by atoms with Crippen LogP contribution in [0.2, 0.25) is 0 Å². The van der Waals surface area contributed by atoms with Crippen LogP contribution in [0.3, 0.4) is 0 Å². The zero-order valence-corrected chi connectivity index (χ0v) is 17.6. The van der Waals surface area contributed by atoms with Crippen molar-refractivity contribution in [3.8, 4) is 0 Å². The molecule has 11 heteroatoms. The molecule has 3 unspecified atom stereocenters. The van der Waals surface area contributed by atoms with Gasteiger partial charge in [0.1, 0.15) is 12.1 Å². The third kappa shape index (κ3) is 11.7. The lowest BCUT2D eigenvalue weighted by atomic mass is 10.0. The minimum Gasteiger partial charge on any atom is -0.480 e. The van der Waals surface area contributed by atoms with Gasteiger partial charge in [-0.05, 0) is 43.6 Å². The van der Waals surface area contributed by atoms with E-state index in [-0.39, 0.29) is 24.8 Å². The van der Waals surface area contributed by atoms with Crippen molar-refractivity contribution in [2.24, 2.45) is 28.1 Å². The first kappa shape index (κ1) is 26.0. The van der Waals surface area contributed by atoms with Crippen LogP contribution in [-0.2, 0) is 14.4 Å². The molecule has 2 amide bonds. The molecule has 0 aromatic carbocycles. The summed E-state index contributed by atoms with van der Waals surface area (Å²) in [5.74, 6) is -1.35. The molecule has 162 valence electrons. The number of amides is 2. The fourth-order valence-electron chi connectivity index (χ4n) is 2.43. The van der Waals surface area contributed by atoms with E-state index < -0.39 is 35.9 Å². The molecule has 0 aromatic rings. The second kappa shape index (κ2) is 14.1. The summed E-state index contributed by atoms with van der Waals surface area (Å²) in [7, 11) is 0. The normalized spacial score (nSPS) is 14.0. The van der Waals surface area contributed by atoms with Crippen molar-refractivity contribution < 1.29 is 19.5 Å². The minimum absolute atomic E-state index is 0.0755. The molecule has 0 radical (unpaired) electrons. The van der Waals surface area contributed by atoms with Crippen LogP contribution in [0.25, 0.3) is 0 Å². The number of nitrogens with one attached hydrogen (secondary N) is 2. The van der Waals surface area contributed by atoms with E-state index in [1.807, 2.05) is 20.1 Å². The van der Waals surface area contributed by atoms with Gasteiger partial charge in [-0.25, -0.2) is 4.79 Å². The van der Waals surface area contributed by atoms with E-state index in [2.05, 4.69) is 15.6 Å². The van der Waals surface area contributed by atoms with Crippen LogP contribution >= 0.6 is 11.8 Å². The Hall–Kier alpha value is -2.01. The summed E-state index contributed by atoms with van der Waals surface area (Å²) in [5, 5.41) is 14.5. The first-order chi connectivity index (χ1) is 13.1. The molecule has 0 aliphatic rings. The lowest BCUT2D eigenvalue weighted by molar-refractivity contribution is -0.142. The second-order valence-corrected chi connectivity index (χ2v) is 7.91. The number of carbonyl (C=O) groups excluding carboxylic acids is 2. The summed E-state index contributed by atoms with van der Waals surface area (Å²) in [6.07, 6.45) is 3.29. The smallest absolute Gasteiger partial charge is 0.326 e. The number of carboxylic acids is 1. The van der Waals surface area contributed by atoms with E-state index in [0.29, 0.717) is 25.0 Å². The summed E-state index contributed by atoms with van der Waals surface area (Å²) < 4.78 is 0. The Bertz CT molecular complexity index is 540. The number of carboxylic acid groups (broad SMARTS) is 1. The predicted molar refractivity (Wildman–Crippen MR) is 112 cm³/mol. The highest BCUT2D eigenvalue weighted by Gasteiger charge is 2.27. The zero-order valence-electron chi connectivity index (χ0n) is 16.8. The van der Waals surface area contributed by atoms with E-state index in [0.717, 1.165) is 0 Å². The van der Waals surface area contributed by atoms with Gasteiger partial charge in [0.25, 0.3) is 0 Å². The highest BCUT2D eigenvalue weighted by Crippen LogP contribution is 2.07. The summed E-state index contributed by atoms with van der Waals surface area (Å²) in [6.45, 7) is 4.16. The summed E-state index contributed by atoms with van der Waals surface area (Å²) in [6, 6.07) is -2.67. The number of carbonyl (C=O) groups is 3. The molecule has 0 rings (SSSR count). The van der Waals surface area contributed by atoms with Gasteiger partial charge in [0, 0.05) is 6.54 Å². The maximum atomic E-state index is 12.6. The van der Waals surface area contributed by atoms with Crippen LogP contribution in [0.5, 0.6) is 0 Å². The van der Waals surface area contributed by atoms with Crippen molar-refractivity contribution >= 4 is 35.5 Å². The molecule has 0 heterocycles. The monoisotopic (exact) mass is 418 g/mol. The fourth-order valence-corrected chi connectivity index (χ4v) is 2.90. The highest BCUT2D eigenvalue weighted by atomic mass is 32.2. The highest BCUT2D eigenvalue weighted by molar-refractivity contribution is 7.98. The van der Waals surface area contributed by atoms with Crippen molar-refractivity contribution in [3.05, 3.63) is 0 Å². The molecule has 0 bridgehead atoms. The Morgan fingerprint density at radius 3 is 2.18 bits per heavy atom. The number of nitrogens with zero attached hydrogens (tertiary/aromatic N) is 1. The number of aliphatic imine (C=N–C) groups is 1. The van der Waals surface area contributed by atoms with Crippen LogP contribution < -0.4 is 27.8 Å². The van der Waals surface area contributed by atoms with Crippen molar-refractivity contribution in [1.82, 2.24) is 10.6 Å². The number of aliphatic carboxylic acids is 1. The molecule has 10 nitrogen and oxygen atoms in total. The van der Waals surface area contributed by atoms with Crippen LogP contribution in [-0.4, -0.2) is 65.5 Å². The predicted octanol–water partition coefficient (Wildman–Crippen LogP) is -0.779. The molecular weight excluding hydrogens is 384 g/mol. The van der Waals surface area contributed by atoms with Crippen LogP contribution in [0, 0.1) is 5.92 Å². The van der Waals surface area contributed by atoms with Gasteiger partial charge in [0.15, 0.2) is 5.96 Å². The lowest BCUT2D eigenvalue weighted by Crippen LogP contribution is -2.54. The van der Waals surface area contributed by atoms with Gasteiger partial charge in [-0.3, -0.25) is 14.6 Å². The molecule has 0 aliphatic heterocycles. The minimum atomic E-state index is -1.16. The molecule has 3 atom stereocenters. The molecule has 0 saturated carbocycles. The average Bonchev–Trinajstić information content (AvgIpc) is 2.59. The SMILES string of the molecule is CSCCC(NC(=O)C(N)CC(C)C)C(=O)NC(CCCN=C(N)N)C(=O)O. The first-order valence-electron chi connectivity index (χ1n) is 9.21. The molecular formula is C17H34N6O4S. The molecule has 0 aromatic heterocycles. The number of nitrogens with two attached hydrogens (primary N) is 3. The van der Waals surface area contributed by atoms with Crippen molar-refractivity contribution in [3.63, 3.8) is 0 Å². The van der Waals surface area contributed by atoms with Crippen LogP contribution in [0.4, 0.5) is 0 Å². The molecule has 28 heavy (non-hydrogen) atoms.